The Kier molecular flexibility index (Phi) is 5.23. The molecule has 1 atom stereocenters. The summed E-state index contributed by atoms with van der Waals surface area (Å²) >= 11 is 6.25. The van der Waals surface area contributed by atoms with Crippen LogP contribution in [0.1, 0.15) is 22.9 Å². The zero-order valence-corrected chi connectivity index (χ0v) is 18.1. The van der Waals surface area contributed by atoms with Gasteiger partial charge in [0, 0.05) is 28.2 Å². The van der Waals surface area contributed by atoms with Crippen LogP contribution < -0.4 is 10.1 Å². The fourth-order valence-corrected chi connectivity index (χ4v) is 4.53. The number of aromatic amines is 1. The molecule has 2 heterocycles. The third-order valence-corrected chi connectivity index (χ3v) is 6.13. The van der Waals surface area contributed by atoms with E-state index in [2.05, 4.69) is 10.3 Å². The molecule has 0 bridgehead atoms. The number of amides is 2. The monoisotopic (exact) mass is 449 g/mol. The second kappa shape index (κ2) is 8.20. The number of fused-ring (bicyclic) bond motifs is 3. The number of H-pyrrole nitrogens is 1. The van der Waals surface area contributed by atoms with Gasteiger partial charge in [0.1, 0.15) is 11.6 Å². The zero-order chi connectivity index (χ0) is 22.2. The van der Waals surface area contributed by atoms with Crippen LogP contribution in [0.15, 0.2) is 66.7 Å². The quantitative estimate of drug-likeness (QED) is 0.394. The summed E-state index contributed by atoms with van der Waals surface area (Å²) in [5.74, 6) is 0.260. The van der Waals surface area contributed by atoms with Gasteiger partial charge in [-0.1, -0.05) is 35.9 Å². The zero-order valence-electron chi connectivity index (χ0n) is 17.4. The molecule has 0 saturated carbocycles. The van der Waals surface area contributed by atoms with Crippen LogP contribution in [0, 0.1) is 5.82 Å². The maximum atomic E-state index is 14.2. The Labute approximate surface area is 189 Å². The van der Waals surface area contributed by atoms with Gasteiger partial charge < -0.3 is 19.9 Å². The molecule has 0 radical (unpaired) electrons. The summed E-state index contributed by atoms with van der Waals surface area (Å²) in [4.78, 5) is 18.5. The molecular weight excluding hydrogens is 429 g/mol. The van der Waals surface area contributed by atoms with Crippen molar-refractivity contribution in [2.24, 2.45) is 0 Å². The molecule has 0 unspecified atom stereocenters. The number of benzene rings is 3. The van der Waals surface area contributed by atoms with Crippen LogP contribution in [-0.2, 0) is 6.42 Å². The maximum absolute atomic E-state index is 14.2. The fourth-order valence-electron chi connectivity index (χ4n) is 4.36. The average molecular weight is 450 g/mol. The Morgan fingerprint density at radius 2 is 1.94 bits per heavy atom. The van der Waals surface area contributed by atoms with E-state index in [4.69, 9.17) is 16.3 Å². The number of para-hydroxylation sites is 1. The first kappa shape index (κ1) is 20.4. The van der Waals surface area contributed by atoms with Crippen molar-refractivity contribution in [2.75, 3.05) is 19.0 Å². The van der Waals surface area contributed by atoms with Gasteiger partial charge in [-0.15, -0.1) is 0 Å². The molecule has 1 aromatic heterocycles. The molecule has 5 rings (SSSR count). The molecule has 0 spiro atoms. The highest BCUT2D eigenvalue weighted by atomic mass is 35.5. The number of hydrogen-bond acceptors (Lipinski definition) is 2. The van der Waals surface area contributed by atoms with Crippen molar-refractivity contribution in [1.29, 1.82) is 0 Å². The molecule has 2 N–H and O–H groups in total. The van der Waals surface area contributed by atoms with E-state index in [1.54, 1.807) is 30.2 Å². The number of aromatic nitrogens is 1. The van der Waals surface area contributed by atoms with Gasteiger partial charge in [0.25, 0.3) is 0 Å². The van der Waals surface area contributed by atoms with Gasteiger partial charge in [0.15, 0.2) is 0 Å². The molecule has 5 nitrogen and oxygen atoms in total. The molecule has 1 aliphatic heterocycles. The van der Waals surface area contributed by atoms with Crippen LogP contribution in [-0.4, -0.2) is 29.6 Å². The molecule has 2 amide bonds. The third kappa shape index (κ3) is 3.56. The number of carbonyl (C=O) groups excluding carboxylic acids is 1. The highest BCUT2D eigenvalue weighted by Crippen LogP contribution is 2.39. The number of urea groups is 1. The number of anilines is 1. The molecule has 1 aliphatic rings. The Balaban J connectivity index is 1.59. The van der Waals surface area contributed by atoms with E-state index < -0.39 is 5.82 Å². The molecule has 3 aromatic carbocycles. The van der Waals surface area contributed by atoms with E-state index in [-0.39, 0.29) is 17.8 Å². The maximum Gasteiger partial charge on any atom is 0.322 e. The van der Waals surface area contributed by atoms with Crippen molar-refractivity contribution in [3.05, 3.63) is 94.4 Å². The van der Waals surface area contributed by atoms with Crippen LogP contribution >= 0.6 is 11.6 Å². The number of hydrogen-bond donors (Lipinski definition) is 2. The lowest BCUT2D eigenvalue weighted by molar-refractivity contribution is 0.193. The summed E-state index contributed by atoms with van der Waals surface area (Å²) in [6.45, 7) is 0.476. The van der Waals surface area contributed by atoms with E-state index in [1.165, 1.54) is 6.07 Å². The second-order valence-corrected chi connectivity index (χ2v) is 8.17. The molecule has 0 aliphatic carbocycles. The predicted molar refractivity (Wildman–Crippen MR) is 124 cm³/mol. The van der Waals surface area contributed by atoms with Gasteiger partial charge in [-0.3, -0.25) is 0 Å². The van der Waals surface area contributed by atoms with Crippen molar-refractivity contribution < 1.29 is 13.9 Å². The SMILES string of the molecule is COc1ccc([C@@H]2c3[nH]c4ccc(Cl)cc4c3CCN2C(=O)Nc2ccccc2F)cc1. The average Bonchev–Trinajstić information content (AvgIpc) is 3.18. The number of halogens is 2. The summed E-state index contributed by atoms with van der Waals surface area (Å²) < 4.78 is 19.5. The smallest absolute Gasteiger partial charge is 0.322 e. The summed E-state index contributed by atoms with van der Waals surface area (Å²) in [6, 6.07) is 18.8. The summed E-state index contributed by atoms with van der Waals surface area (Å²) in [6.07, 6.45) is 0.660. The molecule has 7 heteroatoms. The van der Waals surface area contributed by atoms with Crippen LogP contribution in [0.25, 0.3) is 10.9 Å². The molecule has 4 aromatic rings. The largest absolute Gasteiger partial charge is 0.497 e. The van der Waals surface area contributed by atoms with Gasteiger partial charge in [0.2, 0.25) is 0 Å². The Hall–Kier alpha value is -3.51. The lowest BCUT2D eigenvalue weighted by Gasteiger charge is -2.36. The van der Waals surface area contributed by atoms with Crippen LogP contribution in [0.4, 0.5) is 14.9 Å². The Morgan fingerprint density at radius 3 is 2.69 bits per heavy atom. The first-order chi connectivity index (χ1) is 15.5. The van der Waals surface area contributed by atoms with Crippen molar-refractivity contribution in [3.63, 3.8) is 0 Å². The van der Waals surface area contributed by atoms with E-state index in [0.29, 0.717) is 18.0 Å². The first-order valence-electron chi connectivity index (χ1n) is 10.3. The number of ether oxygens (including phenoxy) is 1. The van der Waals surface area contributed by atoms with Crippen molar-refractivity contribution in [1.82, 2.24) is 9.88 Å². The first-order valence-corrected chi connectivity index (χ1v) is 10.7. The number of nitrogens with zero attached hydrogens (tertiary/aromatic N) is 1. The van der Waals surface area contributed by atoms with Gasteiger partial charge in [0.05, 0.1) is 18.8 Å². The minimum absolute atomic E-state index is 0.153. The fraction of sp³-hybridized carbons (Fsp3) is 0.160. The summed E-state index contributed by atoms with van der Waals surface area (Å²) in [5, 5.41) is 4.45. The lowest BCUT2D eigenvalue weighted by Crippen LogP contribution is -2.43. The molecule has 162 valence electrons. The third-order valence-electron chi connectivity index (χ3n) is 5.90. The topological polar surface area (TPSA) is 57.4 Å². The Bertz CT molecular complexity index is 1300. The number of carbonyl (C=O) groups is 1. The van der Waals surface area contributed by atoms with Crippen LogP contribution in [0.5, 0.6) is 5.75 Å². The standard InChI is InChI=1S/C25H21ClFN3O2/c1-32-17-9-6-15(7-10-17)24-23-18(19-14-16(26)8-11-21(19)28-23)12-13-30(24)25(31)29-22-5-3-2-4-20(22)27/h2-11,14,24,28H,12-13H2,1H3,(H,29,31)/t24-/m1/s1. The van der Waals surface area contributed by atoms with E-state index >= 15 is 0 Å². The predicted octanol–water partition coefficient (Wildman–Crippen LogP) is 6.15. The second-order valence-electron chi connectivity index (χ2n) is 7.74. The minimum Gasteiger partial charge on any atom is -0.497 e. The molecule has 32 heavy (non-hydrogen) atoms. The summed E-state index contributed by atoms with van der Waals surface area (Å²) in [5.41, 5.74) is 4.11. The Morgan fingerprint density at radius 1 is 1.16 bits per heavy atom. The van der Waals surface area contributed by atoms with Gasteiger partial charge in [-0.05, 0) is 60.0 Å². The normalized spacial score (nSPS) is 15.5. The molecular formula is C25H21ClFN3O2. The lowest BCUT2D eigenvalue weighted by atomic mass is 9.92. The van der Waals surface area contributed by atoms with E-state index in [0.717, 1.165) is 33.5 Å². The van der Waals surface area contributed by atoms with Crippen LogP contribution in [0.3, 0.4) is 0 Å². The van der Waals surface area contributed by atoms with E-state index in [1.807, 2.05) is 42.5 Å². The number of nitrogens with one attached hydrogen (secondary N) is 2. The van der Waals surface area contributed by atoms with E-state index in [9.17, 15) is 9.18 Å². The van der Waals surface area contributed by atoms with Crippen molar-refractivity contribution in [2.45, 2.75) is 12.5 Å². The number of methoxy groups -OCH3 is 1. The highest BCUT2D eigenvalue weighted by Gasteiger charge is 2.35. The number of rotatable bonds is 3. The van der Waals surface area contributed by atoms with Gasteiger partial charge in [-0.2, -0.15) is 0 Å². The molecule has 0 fully saturated rings. The van der Waals surface area contributed by atoms with Crippen molar-refractivity contribution in [3.8, 4) is 5.75 Å². The van der Waals surface area contributed by atoms with Crippen LogP contribution in [0.2, 0.25) is 5.02 Å². The molecule has 0 saturated heterocycles. The minimum atomic E-state index is -0.472. The highest BCUT2D eigenvalue weighted by molar-refractivity contribution is 6.31. The van der Waals surface area contributed by atoms with Gasteiger partial charge in [-0.25, -0.2) is 9.18 Å². The van der Waals surface area contributed by atoms with Crippen molar-refractivity contribution >= 4 is 34.2 Å². The summed E-state index contributed by atoms with van der Waals surface area (Å²) in [7, 11) is 1.61. The van der Waals surface area contributed by atoms with Gasteiger partial charge >= 0.3 is 6.03 Å².